The van der Waals surface area contributed by atoms with Gasteiger partial charge in [-0.3, -0.25) is 4.79 Å². The lowest BCUT2D eigenvalue weighted by Crippen LogP contribution is -2.10. The summed E-state index contributed by atoms with van der Waals surface area (Å²) in [7, 11) is 0. The van der Waals surface area contributed by atoms with E-state index >= 15 is 0 Å². The summed E-state index contributed by atoms with van der Waals surface area (Å²) in [5.41, 5.74) is 15.2. The molecule has 10 rings (SSSR count). The topological polar surface area (TPSA) is 37.3 Å². The van der Waals surface area contributed by atoms with Crippen molar-refractivity contribution in [2.75, 3.05) is 0 Å². The van der Waals surface area contributed by atoms with Crippen molar-refractivity contribution in [3.8, 4) is 55.6 Å². The molecule has 0 amide bonds. The van der Waals surface area contributed by atoms with Crippen LogP contribution in [0.5, 0.6) is 0 Å². The van der Waals surface area contributed by atoms with Crippen molar-refractivity contribution < 1.29 is 9.90 Å². The van der Waals surface area contributed by atoms with E-state index in [9.17, 15) is 9.90 Å². The number of aliphatic carboxylic acids is 1. The number of aryl methyl sites for hydroxylation is 1. The van der Waals surface area contributed by atoms with E-state index in [1.54, 1.807) is 0 Å². The molecule has 0 unspecified atom stereocenters. The minimum atomic E-state index is -0.804. The van der Waals surface area contributed by atoms with E-state index in [-0.39, 0.29) is 11.8 Å². The van der Waals surface area contributed by atoms with Crippen LogP contribution in [-0.4, -0.2) is 11.1 Å². The summed E-state index contributed by atoms with van der Waals surface area (Å²) in [6, 6.07) is 51.2. The Bertz CT molecular complexity index is 3020. The van der Waals surface area contributed by atoms with Crippen molar-refractivity contribution in [1.82, 2.24) is 0 Å². The molecule has 55 heavy (non-hydrogen) atoms. The molecule has 0 spiro atoms. The van der Waals surface area contributed by atoms with Crippen LogP contribution in [0.2, 0.25) is 0 Å². The Hall–Kier alpha value is -6.51. The molecule has 2 nitrogen and oxygen atoms in total. The van der Waals surface area contributed by atoms with Crippen molar-refractivity contribution in [3.05, 3.63) is 163 Å². The van der Waals surface area contributed by atoms with E-state index in [0.717, 1.165) is 38.9 Å². The standard InChI is InChI=1S/C53H40O2/c1-5-31-27-33(42-24-25-48-44-10-7-6-9-43(44)46-12-8-11-45(42)52(46)48)16-21-39(31)40-22-17-34(28-35(40)19-26-49(54)55)41-20-15-32-13-14-36-29-38(53(2,3)4)30-37-18-23-47(41)51(32)50(36)37/h5-18,20-25,27-30H,1,19,26H2,2-4H3,(H,54,55). The number of carbonyl (C=O) groups is 1. The summed E-state index contributed by atoms with van der Waals surface area (Å²) in [6.45, 7) is 11.1. The van der Waals surface area contributed by atoms with Crippen molar-refractivity contribution in [2.24, 2.45) is 0 Å². The Labute approximate surface area is 321 Å². The predicted molar refractivity (Wildman–Crippen MR) is 233 cm³/mol. The first-order valence-corrected chi connectivity index (χ1v) is 19.2. The quantitative estimate of drug-likeness (QED) is 0.167. The molecule has 0 heterocycles. The van der Waals surface area contributed by atoms with Gasteiger partial charge >= 0.3 is 5.97 Å². The van der Waals surface area contributed by atoms with Gasteiger partial charge in [0.15, 0.2) is 0 Å². The molecule has 2 heteroatoms. The summed E-state index contributed by atoms with van der Waals surface area (Å²) in [6.07, 6.45) is 2.40. The summed E-state index contributed by atoms with van der Waals surface area (Å²) in [4.78, 5) is 12.0. The Morgan fingerprint density at radius 1 is 0.545 bits per heavy atom. The van der Waals surface area contributed by atoms with E-state index < -0.39 is 5.97 Å². The lowest BCUT2D eigenvalue weighted by Gasteiger charge is -2.22. The van der Waals surface area contributed by atoms with Gasteiger partial charge < -0.3 is 5.11 Å². The highest BCUT2D eigenvalue weighted by Gasteiger charge is 2.23. The summed E-state index contributed by atoms with van der Waals surface area (Å²) >= 11 is 0. The van der Waals surface area contributed by atoms with Gasteiger partial charge in [-0.15, -0.1) is 0 Å². The van der Waals surface area contributed by atoms with Gasteiger partial charge in [0.1, 0.15) is 0 Å². The fourth-order valence-electron chi connectivity index (χ4n) is 9.18. The Balaban J connectivity index is 1.09. The van der Waals surface area contributed by atoms with E-state index in [2.05, 4.69) is 167 Å². The monoisotopic (exact) mass is 708 g/mol. The highest BCUT2D eigenvalue weighted by atomic mass is 16.4. The van der Waals surface area contributed by atoms with Gasteiger partial charge in [0.05, 0.1) is 0 Å². The molecule has 0 atom stereocenters. The van der Waals surface area contributed by atoms with Crippen LogP contribution in [0.3, 0.4) is 0 Å². The average Bonchev–Trinajstić information content (AvgIpc) is 3.53. The van der Waals surface area contributed by atoms with Crippen LogP contribution >= 0.6 is 0 Å². The van der Waals surface area contributed by atoms with E-state index in [1.165, 1.54) is 76.5 Å². The van der Waals surface area contributed by atoms with Gasteiger partial charge in [0, 0.05) is 6.42 Å². The number of rotatable bonds is 7. The third kappa shape index (κ3) is 5.20. The molecule has 1 N–H and O–H groups in total. The van der Waals surface area contributed by atoms with Crippen LogP contribution < -0.4 is 0 Å². The zero-order valence-corrected chi connectivity index (χ0v) is 31.3. The smallest absolute Gasteiger partial charge is 0.303 e. The second kappa shape index (κ2) is 12.3. The first-order valence-electron chi connectivity index (χ1n) is 19.2. The number of carboxylic acid groups (broad SMARTS) is 1. The predicted octanol–water partition coefficient (Wildman–Crippen LogP) is 14.3. The highest BCUT2D eigenvalue weighted by molar-refractivity contribution is 6.26. The number of hydrogen-bond acceptors (Lipinski definition) is 1. The molecule has 1 aliphatic carbocycles. The van der Waals surface area contributed by atoms with Crippen LogP contribution in [0.15, 0.2) is 146 Å². The van der Waals surface area contributed by atoms with Crippen LogP contribution in [0, 0.1) is 0 Å². The fourth-order valence-corrected chi connectivity index (χ4v) is 9.18. The summed E-state index contributed by atoms with van der Waals surface area (Å²) in [5, 5.41) is 19.9. The molecular formula is C53H40O2. The molecule has 0 bridgehead atoms. The zero-order chi connectivity index (χ0) is 37.6. The van der Waals surface area contributed by atoms with Crippen LogP contribution in [-0.2, 0) is 16.6 Å². The normalized spacial score (nSPS) is 12.3. The van der Waals surface area contributed by atoms with E-state index in [0.29, 0.717) is 6.42 Å². The van der Waals surface area contributed by atoms with Gasteiger partial charge in [-0.05, 0) is 133 Å². The Morgan fingerprint density at radius 3 is 1.82 bits per heavy atom. The minimum absolute atomic E-state index is 0.0512. The maximum Gasteiger partial charge on any atom is 0.303 e. The van der Waals surface area contributed by atoms with Gasteiger partial charge in [0.2, 0.25) is 0 Å². The molecule has 9 aromatic rings. The molecule has 9 aromatic carbocycles. The second-order valence-electron chi connectivity index (χ2n) is 16.1. The molecule has 0 fully saturated rings. The molecule has 0 saturated heterocycles. The lowest BCUT2D eigenvalue weighted by atomic mass is 9.82. The Kier molecular flexibility index (Phi) is 7.38. The molecule has 0 saturated carbocycles. The maximum absolute atomic E-state index is 12.0. The first-order chi connectivity index (χ1) is 26.7. The van der Waals surface area contributed by atoms with Crippen molar-refractivity contribution in [1.29, 1.82) is 0 Å². The van der Waals surface area contributed by atoms with Gasteiger partial charge in [-0.2, -0.15) is 0 Å². The Morgan fingerprint density at radius 2 is 1.11 bits per heavy atom. The molecular weight excluding hydrogens is 669 g/mol. The summed E-state index contributed by atoms with van der Waals surface area (Å²) in [5.74, 6) is -0.804. The highest BCUT2D eigenvalue weighted by Crippen LogP contribution is 2.50. The zero-order valence-electron chi connectivity index (χ0n) is 31.3. The molecule has 264 valence electrons. The number of fused-ring (bicyclic) bond motifs is 3. The van der Waals surface area contributed by atoms with Gasteiger partial charge in [-0.1, -0.05) is 167 Å². The third-order valence-corrected chi connectivity index (χ3v) is 11.9. The lowest BCUT2D eigenvalue weighted by molar-refractivity contribution is -0.136. The van der Waals surface area contributed by atoms with E-state index in [1.807, 2.05) is 6.08 Å². The van der Waals surface area contributed by atoms with Gasteiger partial charge in [0.25, 0.3) is 0 Å². The minimum Gasteiger partial charge on any atom is -0.481 e. The van der Waals surface area contributed by atoms with E-state index in [4.69, 9.17) is 0 Å². The van der Waals surface area contributed by atoms with Crippen molar-refractivity contribution >= 4 is 55.1 Å². The van der Waals surface area contributed by atoms with Crippen molar-refractivity contribution in [2.45, 2.75) is 39.0 Å². The summed E-state index contributed by atoms with van der Waals surface area (Å²) < 4.78 is 0. The van der Waals surface area contributed by atoms with Crippen molar-refractivity contribution in [3.63, 3.8) is 0 Å². The van der Waals surface area contributed by atoms with Crippen LogP contribution in [0.25, 0.3) is 105 Å². The van der Waals surface area contributed by atoms with Crippen LogP contribution in [0.1, 0.15) is 43.9 Å². The maximum atomic E-state index is 12.0. The first kappa shape index (κ1) is 33.1. The average molecular weight is 709 g/mol. The number of carboxylic acids is 1. The fraction of sp³-hybridized carbons (Fsp3) is 0.113. The molecule has 0 aromatic heterocycles. The van der Waals surface area contributed by atoms with Crippen LogP contribution in [0.4, 0.5) is 0 Å². The number of hydrogen-bond donors (Lipinski definition) is 1. The van der Waals surface area contributed by atoms with Gasteiger partial charge in [-0.25, -0.2) is 0 Å². The number of benzene rings is 9. The largest absolute Gasteiger partial charge is 0.481 e. The SMILES string of the molecule is C=Cc1cc(-c2ccc3c4c(cccc24)-c2ccccc2-3)ccc1-c1ccc(-c2ccc3ccc4cc(C(C)(C)C)cc5ccc2c3c45)cc1CCC(=O)O. The molecule has 0 aliphatic heterocycles. The second-order valence-corrected chi connectivity index (χ2v) is 16.1. The molecule has 1 aliphatic rings. The third-order valence-electron chi connectivity index (χ3n) is 11.9. The molecule has 0 radical (unpaired) electrons.